The predicted octanol–water partition coefficient (Wildman–Crippen LogP) is 2.95. The monoisotopic (exact) mass is 404 g/mol. The van der Waals surface area contributed by atoms with Crippen molar-refractivity contribution in [3.05, 3.63) is 39.9 Å². The average molecular weight is 404 g/mol. The first-order chi connectivity index (χ1) is 9.65. The van der Waals surface area contributed by atoms with E-state index in [2.05, 4.69) is 10.3 Å². The number of nitro groups is 1. The number of nitro benzene ring substituents is 1. The average Bonchev–Trinajstić information content (AvgIpc) is 2.46. The molecule has 3 N–H and O–H groups in total. The second-order valence-electron chi connectivity index (χ2n) is 5.11. The lowest BCUT2D eigenvalue weighted by molar-refractivity contribution is -0.384. The Morgan fingerprint density at radius 3 is 2.76 bits per heavy atom. The van der Waals surface area contributed by atoms with Crippen LogP contribution < -0.4 is 11.1 Å². The van der Waals surface area contributed by atoms with Crippen molar-refractivity contribution in [2.45, 2.75) is 44.7 Å². The minimum atomic E-state index is -0.406. The van der Waals surface area contributed by atoms with Gasteiger partial charge in [0.25, 0.3) is 5.69 Å². The van der Waals surface area contributed by atoms with E-state index in [0.717, 1.165) is 18.4 Å². The third-order valence-electron chi connectivity index (χ3n) is 3.51. The van der Waals surface area contributed by atoms with Crippen molar-refractivity contribution >= 4 is 35.6 Å². The van der Waals surface area contributed by atoms with Crippen molar-refractivity contribution in [3.63, 3.8) is 0 Å². The van der Waals surface area contributed by atoms with Gasteiger partial charge in [-0.2, -0.15) is 0 Å². The Kier molecular flexibility index (Phi) is 7.41. The Hall–Kier alpha value is -1.38. The summed E-state index contributed by atoms with van der Waals surface area (Å²) in [5, 5.41) is 13.9. The van der Waals surface area contributed by atoms with E-state index < -0.39 is 4.92 Å². The van der Waals surface area contributed by atoms with Crippen LogP contribution in [0.15, 0.2) is 29.3 Å². The number of guanidine groups is 1. The summed E-state index contributed by atoms with van der Waals surface area (Å²) < 4.78 is 0. The largest absolute Gasteiger partial charge is 0.370 e. The fourth-order valence-electron chi connectivity index (χ4n) is 2.45. The maximum absolute atomic E-state index is 10.7. The third kappa shape index (κ3) is 5.86. The van der Waals surface area contributed by atoms with Crippen molar-refractivity contribution in [2.24, 2.45) is 10.7 Å². The molecule has 0 atom stereocenters. The van der Waals surface area contributed by atoms with Crippen LogP contribution in [-0.4, -0.2) is 16.9 Å². The Morgan fingerprint density at radius 2 is 2.10 bits per heavy atom. The van der Waals surface area contributed by atoms with Crippen LogP contribution in [0.5, 0.6) is 0 Å². The predicted molar refractivity (Wildman–Crippen MR) is 93.8 cm³/mol. The Bertz CT molecular complexity index is 502. The molecule has 21 heavy (non-hydrogen) atoms. The SMILES string of the molecule is I.NC(=NCc1cccc([N+](=O)[O-])c1)NC1CCCCC1. The van der Waals surface area contributed by atoms with Crippen LogP contribution in [0.3, 0.4) is 0 Å². The fourth-order valence-corrected chi connectivity index (χ4v) is 2.45. The summed E-state index contributed by atoms with van der Waals surface area (Å²) in [6.07, 6.45) is 6.02. The molecule has 1 aliphatic carbocycles. The van der Waals surface area contributed by atoms with Gasteiger partial charge in [0.05, 0.1) is 11.5 Å². The van der Waals surface area contributed by atoms with E-state index >= 15 is 0 Å². The second kappa shape index (κ2) is 8.81. The van der Waals surface area contributed by atoms with Crippen molar-refractivity contribution < 1.29 is 4.92 Å². The second-order valence-corrected chi connectivity index (χ2v) is 5.11. The van der Waals surface area contributed by atoms with Crippen molar-refractivity contribution in [1.29, 1.82) is 0 Å². The Labute approximate surface area is 141 Å². The third-order valence-corrected chi connectivity index (χ3v) is 3.51. The van der Waals surface area contributed by atoms with Gasteiger partial charge in [0, 0.05) is 18.2 Å². The first-order valence-electron chi connectivity index (χ1n) is 6.95. The highest BCUT2D eigenvalue weighted by molar-refractivity contribution is 14.0. The summed E-state index contributed by atoms with van der Waals surface area (Å²) in [7, 11) is 0. The number of benzene rings is 1. The van der Waals surface area contributed by atoms with Gasteiger partial charge < -0.3 is 11.1 Å². The van der Waals surface area contributed by atoms with Gasteiger partial charge in [-0.05, 0) is 18.4 Å². The van der Waals surface area contributed by atoms with Gasteiger partial charge in [0.15, 0.2) is 5.96 Å². The molecule has 116 valence electrons. The normalized spacial score (nSPS) is 16.1. The van der Waals surface area contributed by atoms with E-state index in [4.69, 9.17) is 5.73 Å². The molecule has 0 radical (unpaired) electrons. The molecule has 1 aromatic rings. The molecule has 0 saturated heterocycles. The highest BCUT2D eigenvalue weighted by Gasteiger charge is 2.13. The summed E-state index contributed by atoms with van der Waals surface area (Å²) in [5.74, 6) is 0.420. The molecule has 6 nitrogen and oxygen atoms in total. The van der Waals surface area contributed by atoms with Crippen LogP contribution in [0.4, 0.5) is 5.69 Å². The van der Waals surface area contributed by atoms with Crippen LogP contribution in [-0.2, 0) is 6.54 Å². The van der Waals surface area contributed by atoms with Gasteiger partial charge in [-0.1, -0.05) is 31.4 Å². The van der Waals surface area contributed by atoms with E-state index in [1.165, 1.54) is 31.4 Å². The number of halogens is 1. The van der Waals surface area contributed by atoms with Crippen LogP contribution in [0.25, 0.3) is 0 Å². The van der Waals surface area contributed by atoms with Crippen LogP contribution in [0, 0.1) is 10.1 Å². The molecule has 0 aromatic heterocycles. The number of hydrogen-bond donors (Lipinski definition) is 2. The minimum Gasteiger partial charge on any atom is -0.370 e. The topological polar surface area (TPSA) is 93.5 Å². The van der Waals surface area contributed by atoms with Gasteiger partial charge in [-0.25, -0.2) is 4.99 Å². The number of aliphatic imine (C=N–C) groups is 1. The molecule has 0 aliphatic heterocycles. The fraction of sp³-hybridized carbons (Fsp3) is 0.500. The minimum absolute atomic E-state index is 0. The summed E-state index contributed by atoms with van der Waals surface area (Å²) in [6, 6.07) is 6.88. The molecule has 1 aromatic carbocycles. The first-order valence-corrected chi connectivity index (χ1v) is 6.95. The summed E-state index contributed by atoms with van der Waals surface area (Å²) >= 11 is 0. The quantitative estimate of drug-likeness (QED) is 0.265. The summed E-state index contributed by atoms with van der Waals surface area (Å²) in [4.78, 5) is 14.5. The number of nitrogens with two attached hydrogens (primary N) is 1. The van der Waals surface area contributed by atoms with E-state index in [1.54, 1.807) is 6.07 Å². The number of nitrogens with zero attached hydrogens (tertiary/aromatic N) is 2. The molecule has 1 fully saturated rings. The van der Waals surface area contributed by atoms with Gasteiger partial charge in [-0.15, -0.1) is 24.0 Å². The Morgan fingerprint density at radius 1 is 1.38 bits per heavy atom. The molecule has 0 bridgehead atoms. The van der Waals surface area contributed by atoms with E-state index in [-0.39, 0.29) is 29.7 Å². The molecule has 2 rings (SSSR count). The molecule has 0 heterocycles. The molecule has 0 amide bonds. The molecular formula is C14H21IN4O2. The highest BCUT2D eigenvalue weighted by atomic mass is 127. The van der Waals surface area contributed by atoms with E-state index in [9.17, 15) is 10.1 Å². The smallest absolute Gasteiger partial charge is 0.269 e. The number of non-ortho nitro benzene ring substituents is 1. The van der Waals surface area contributed by atoms with Crippen LogP contribution in [0.1, 0.15) is 37.7 Å². The van der Waals surface area contributed by atoms with Crippen molar-refractivity contribution in [3.8, 4) is 0 Å². The van der Waals surface area contributed by atoms with E-state index in [0.29, 0.717) is 18.5 Å². The van der Waals surface area contributed by atoms with Crippen LogP contribution >= 0.6 is 24.0 Å². The van der Waals surface area contributed by atoms with Gasteiger partial charge in [-0.3, -0.25) is 10.1 Å². The molecule has 7 heteroatoms. The molecule has 1 aliphatic rings. The number of hydrogen-bond acceptors (Lipinski definition) is 3. The molecule has 1 saturated carbocycles. The standard InChI is InChI=1S/C14H20N4O2.HI/c15-14(17-12-6-2-1-3-7-12)16-10-11-5-4-8-13(9-11)18(19)20;/h4-5,8-9,12H,1-3,6-7,10H2,(H3,15,16,17);1H. The van der Waals surface area contributed by atoms with Crippen molar-refractivity contribution in [1.82, 2.24) is 5.32 Å². The lowest BCUT2D eigenvalue weighted by atomic mass is 9.96. The number of nitrogens with one attached hydrogen (secondary N) is 1. The lowest BCUT2D eigenvalue weighted by Crippen LogP contribution is -2.41. The molecule has 0 unspecified atom stereocenters. The lowest BCUT2D eigenvalue weighted by Gasteiger charge is -2.23. The van der Waals surface area contributed by atoms with Gasteiger partial charge in [0.2, 0.25) is 0 Å². The maximum atomic E-state index is 10.7. The van der Waals surface area contributed by atoms with Crippen molar-refractivity contribution in [2.75, 3.05) is 0 Å². The Balaban J connectivity index is 0.00000220. The zero-order chi connectivity index (χ0) is 14.4. The zero-order valence-electron chi connectivity index (χ0n) is 11.8. The van der Waals surface area contributed by atoms with Gasteiger partial charge in [0.1, 0.15) is 0 Å². The summed E-state index contributed by atoms with van der Waals surface area (Å²) in [6.45, 7) is 0.354. The highest BCUT2D eigenvalue weighted by Crippen LogP contribution is 2.17. The maximum Gasteiger partial charge on any atom is 0.269 e. The summed E-state index contributed by atoms with van der Waals surface area (Å²) in [5.41, 5.74) is 6.72. The van der Waals surface area contributed by atoms with E-state index in [1.807, 2.05) is 6.07 Å². The molecule has 0 spiro atoms. The zero-order valence-corrected chi connectivity index (χ0v) is 14.2. The van der Waals surface area contributed by atoms with Gasteiger partial charge >= 0.3 is 0 Å². The number of rotatable bonds is 4. The first kappa shape index (κ1) is 17.7. The van der Waals surface area contributed by atoms with Crippen LogP contribution in [0.2, 0.25) is 0 Å². The molecular weight excluding hydrogens is 383 g/mol.